The number of rotatable bonds is 8. The highest BCUT2D eigenvalue weighted by Gasteiger charge is 2.25. The Kier molecular flexibility index (Phi) is 3.94. The lowest BCUT2D eigenvalue weighted by Crippen LogP contribution is -2.26. The molecule has 104 valence electrons. The lowest BCUT2D eigenvalue weighted by atomic mass is 10.4. The van der Waals surface area contributed by atoms with Gasteiger partial charge in [0.05, 0.1) is 11.9 Å². The second-order valence-corrected chi connectivity index (χ2v) is 5.56. The van der Waals surface area contributed by atoms with Crippen molar-refractivity contribution in [2.45, 2.75) is 44.3 Å². The van der Waals surface area contributed by atoms with Crippen LogP contribution in [0.25, 0.3) is 0 Å². The Bertz CT molecular complexity index is 418. The van der Waals surface area contributed by atoms with Crippen molar-refractivity contribution in [1.82, 2.24) is 20.2 Å². The van der Waals surface area contributed by atoms with E-state index in [1.807, 2.05) is 0 Å². The molecule has 2 aliphatic rings. The third-order valence-corrected chi connectivity index (χ3v) is 3.68. The predicted octanol–water partition coefficient (Wildman–Crippen LogP) is 1.20. The van der Waals surface area contributed by atoms with Crippen molar-refractivity contribution < 1.29 is 4.74 Å². The van der Waals surface area contributed by atoms with E-state index >= 15 is 0 Å². The smallest absolute Gasteiger partial charge is 0.232 e. The van der Waals surface area contributed by atoms with Crippen molar-refractivity contribution in [2.24, 2.45) is 0 Å². The Morgan fingerprint density at radius 2 is 2.16 bits per heavy atom. The molecular formula is C14H22N4O. The van der Waals surface area contributed by atoms with E-state index in [1.54, 1.807) is 12.4 Å². The first-order valence-corrected chi connectivity index (χ1v) is 7.18. The molecule has 1 heterocycles. The van der Waals surface area contributed by atoms with Crippen molar-refractivity contribution in [3.8, 4) is 5.88 Å². The maximum atomic E-state index is 5.67. The lowest BCUT2D eigenvalue weighted by Gasteiger charge is -2.15. The molecule has 5 heteroatoms. The number of likely N-dealkylation sites (N-methyl/N-ethyl adjacent to an activating group) is 1. The predicted molar refractivity (Wildman–Crippen MR) is 73.0 cm³/mol. The van der Waals surface area contributed by atoms with Gasteiger partial charge in [-0.05, 0) is 32.7 Å². The summed E-state index contributed by atoms with van der Waals surface area (Å²) in [7, 11) is 2.16. The van der Waals surface area contributed by atoms with Gasteiger partial charge in [0.15, 0.2) is 0 Å². The molecule has 2 fully saturated rings. The van der Waals surface area contributed by atoms with Crippen LogP contribution in [0.2, 0.25) is 0 Å². The summed E-state index contributed by atoms with van der Waals surface area (Å²) in [5.74, 6) is 0.638. The fourth-order valence-electron chi connectivity index (χ4n) is 2.07. The topological polar surface area (TPSA) is 50.3 Å². The van der Waals surface area contributed by atoms with E-state index in [0.717, 1.165) is 24.8 Å². The highest BCUT2D eigenvalue weighted by Crippen LogP contribution is 2.24. The molecular weight excluding hydrogens is 240 g/mol. The van der Waals surface area contributed by atoms with Crippen LogP contribution in [0.5, 0.6) is 5.88 Å². The fraction of sp³-hybridized carbons (Fsp3) is 0.714. The first-order chi connectivity index (χ1) is 9.31. The van der Waals surface area contributed by atoms with Crippen LogP contribution in [0.15, 0.2) is 12.4 Å². The molecule has 0 atom stereocenters. The van der Waals surface area contributed by atoms with Gasteiger partial charge in [-0.1, -0.05) is 0 Å². The molecule has 0 unspecified atom stereocenters. The molecule has 2 saturated carbocycles. The number of nitrogens with one attached hydrogen (secondary N) is 1. The molecule has 1 N–H and O–H groups in total. The summed E-state index contributed by atoms with van der Waals surface area (Å²) in [6, 6.07) is 1.47. The Labute approximate surface area is 114 Å². The van der Waals surface area contributed by atoms with Gasteiger partial charge in [0, 0.05) is 31.4 Å². The van der Waals surface area contributed by atoms with E-state index in [1.165, 1.54) is 25.7 Å². The zero-order chi connectivity index (χ0) is 13.1. The Morgan fingerprint density at radius 3 is 2.89 bits per heavy atom. The third-order valence-electron chi connectivity index (χ3n) is 3.68. The van der Waals surface area contributed by atoms with Gasteiger partial charge in [0.1, 0.15) is 6.61 Å². The van der Waals surface area contributed by atoms with Crippen LogP contribution < -0.4 is 10.1 Å². The number of hydrogen-bond acceptors (Lipinski definition) is 5. The van der Waals surface area contributed by atoms with Gasteiger partial charge in [-0.3, -0.25) is 4.98 Å². The van der Waals surface area contributed by atoms with Crippen molar-refractivity contribution in [1.29, 1.82) is 0 Å². The van der Waals surface area contributed by atoms with Gasteiger partial charge in [-0.15, -0.1) is 0 Å². The molecule has 19 heavy (non-hydrogen) atoms. The first-order valence-electron chi connectivity index (χ1n) is 7.18. The van der Waals surface area contributed by atoms with Crippen LogP contribution in [-0.4, -0.2) is 47.2 Å². The highest BCUT2D eigenvalue weighted by atomic mass is 16.5. The minimum atomic E-state index is 0.638. The number of nitrogens with zero attached hydrogens (tertiary/aromatic N) is 3. The summed E-state index contributed by atoms with van der Waals surface area (Å²) in [5.41, 5.74) is 0.958. The van der Waals surface area contributed by atoms with Gasteiger partial charge < -0.3 is 15.0 Å². The largest absolute Gasteiger partial charge is 0.475 e. The summed E-state index contributed by atoms with van der Waals surface area (Å²) in [6.07, 6.45) is 8.74. The fourth-order valence-corrected chi connectivity index (χ4v) is 2.07. The van der Waals surface area contributed by atoms with Gasteiger partial charge in [-0.25, -0.2) is 4.98 Å². The molecule has 2 aliphatic carbocycles. The van der Waals surface area contributed by atoms with E-state index in [2.05, 4.69) is 27.2 Å². The zero-order valence-corrected chi connectivity index (χ0v) is 11.5. The number of ether oxygens (including phenoxy) is 1. The summed E-state index contributed by atoms with van der Waals surface area (Å²) < 4.78 is 5.67. The summed E-state index contributed by atoms with van der Waals surface area (Å²) >= 11 is 0. The Hall–Kier alpha value is -1.20. The van der Waals surface area contributed by atoms with Crippen molar-refractivity contribution in [3.63, 3.8) is 0 Å². The highest BCUT2D eigenvalue weighted by molar-refractivity contribution is 5.08. The maximum Gasteiger partial charge on any atom is 0.232 e. The van der Waals surface area contributed by atoms with Crippen LogP contribution in [0.3, 0.4) is 0 Å². The average Bonchev–Trinajstić information content (AvgIpc) is 3.30. The molecule has 1 aromatic rings. The van der Waals surface area contributed by atoms with Crippen LogP contribution in [-0.2, 0) is 6.54 Å². The molecule has 3 rings (SSSR count). The third kappa shape index (κ3) is 4.14. The monoisotopic (exact) mass is 262 g/mol. The molecule has 0 amide bonds. The van der Waals surface area contributed by atoms with Crippen LogP contribution in [0.1, 0.15) is 31.4 Å². The second kappa shape index (κ2) is 5.84. The normalized spacial score (nSPS) is 18.8. The Balaban J connectivity index is 1.42. The van der Waals surface area contributed by atoms with E-state index in [4.69, 9.17) is 4.74 Å². The van der Waals surface area contributed by atoms with Gasteiger partial charge >= 0.3 is 0 Å². The van der Waals surface area contributed by atoms with E-state index in [-0.39, 0.29) is 0 Å². The van der Waals surface area contributed by atoms with Gasteiger partial charge in [0.25, 0.3) is 0 Å². The van der Waals surface area contributed by atoms with E-state index in [9.17, 15) is 0 Å². The van der Waals surface area contributed by atoms with Crippen LogP contribution in [0.4, 0.5) is 0 Å². The Morgan fingerprint density at radius 1 is 1.32 bits per heavy atom. The summed E-state index contributed by atoms with van der Waals surface area (Å²) in [5, 5.41) is 3.43. The standard InChI is InChI=1S/C14H22N4O/c1-18(13-4-5-13)6-7-19-14-10-15-8-12(17-14)9-16-11-2-3-11/h8,10-11,13,16H,2-7,9H2,1H3. The SMILES string of the molecule is CN(CCOc1cncc(CNC2CC2)n1)C1CC1. The first kappa shape index (κ1) is 12.8. The molecule has 1 aromatic heterocycles. The minimum absolute atomic E-state index is 0.638. The van der Waals surface area contributed by atoms with Crippen molar-refractivity contribution in [2.75, 3.05) is 20.2 Å². The molecule has 5 nitrogen and oxygen atoms in total. The second-order valence-electron chi connectivity index (χ2n) is 5.56. The van der Waals surface area contributed by atoms with Crippen LogP contribution >= 0.6 is 0 Å². The van der Waals surface area contributed by atoms with Gasteiger partial charge in [-0.2, -0.15) is 0 Å². The average molecular weight is 262 g/mol. The quantitative estimate of drug-likeness (QED) is 0.763. The van der Waals surface area contributed by atoms with Gasteiger partial charge in [0.2, 0.25) is 5.88 Å². The molecule has 0 bridgehead atoms. The summed E-state index contributed by atoms with van der Waals surface area (Å²) in [4.78, 5) is 11.0. The molecule has 0 spiro atoms. The minimum Gasteiger partial charge on any atom is -0.475 e. The van der Waals surface area contributed by atoms with Crippen molar-refractivity contribution in [3.05, 3.63) is 18.1 Å². The lowest BCUT2D eigenvalue weighted by molar-refractivity contribution is 0.225. The zero-order valence-electron chi connectivity index (χ0n) is 11.5. The molecule has 0 aromatic carbocycles. The number of aromatic nitrogens is 2. The number of hydrogen-bond donors (Lipinski definition) is 1. The molecule has 0 saturated heterocycles. The van der Waals surface area contributed by atoms with E-state index < -0.39 is 0 Å². The molecule has 0 radical (unpaired) electrons. The maximum absolute atomic E-state index is 5.67. The summed E-state index contributed by atoms with van der Waals surface area (Å²) in [6.45, 7) is 2.43. The van der Waals surface area contributed by atoms with Crippen LogP contribution in [0, 0.1) is 0 Å². The van der Waals surface area contributed by atoms with E-state index in [0.29, 0.717) is 18.5 Å². The molecule has 0 aliphatic heterocycles. The van der Waals surface area contributed by atoms with Crippen molar-refractivity contribution >= 4 is 0 Å².